The van der Waals surface area contributed by atoms with Gasteiger partial charge in [0.25, 0.3) is 0 Å². The number of hydrogen-bond donors (Lipinski definition) is 0. The quantitative estimate of drug-likeness (QED) is 0.479. The number of allylic oxidation sites excluding steroid dienone is 2. The molecule has 134 valence electrons. The van der Waals surface area contributed by atoms with Crippen molar-refractivity contribution in [2.45, 2.75) is 77.6 Å². The van der Waals surface area contributed by atoms with Gasteiger partial charge < -0.3 is 0 Å². The average molecular weight is 335 g/mol. The number of rotatable bonds is 1. The molecule has 3 fully saturated rings. The van der Waals surface area contributed by atoms with Crippen molar-refractivity contribution in [3.05, 3.63) is 47.5 Å². The third-order valence-electron chi connectivity index (χ3n) is 9.23. The lowest BCUT2D eigenvalue weighted by molar-refractivity contribution is -0.0415. The van der Waals surface area contributed by atoms with Crippen LogP contribution in [0.15, 0.2) is 42.0 Å². The third-order valence-corrected chi connectivity index (χ3v) is 9.23. The SMILES string of the molecule is C[C@]12CCCC=C1CC[C@@H]1[C@H]2CC[C@]2(C)C(c3ccccc3)CC[C@@H]12. The fourth-order valence-corrected chi connectivity index (χ4v) is 7.99. The largest absolute Gasteiger partial charge is 0.0848 e. The maximum absolute atomic E-state index is 2.66. The van der Waals surface area contributed by atoms with Crippen LogP contribution in [0.4, 0.5) is 0 Å². The van der Waals surface area contributed by atoms with Crippen LogP contribution in [-0.4, -0.2) is 0 Å². The topological polar surface area (TPSA) is 0 Å². The second-order valence-corrected chi connectivity index (χ2v) is 10.0. The maximum Gasteiger partial charge on any atom is -0.00853 e. The van der Waals surface area contributed by atoms with E-state index in [1.54, 1.807) is 5.56 Å². The summed E-state index contributed by atoms with van der Waals surface area (Å²) >= 11 is 0. The molecule has 1 aromatic carbocycles. The molecule has 0 N–H and O–H groups in total. The van der Waals surface area contributed by atoms with Crippen LogP contribution < -0.4 is 0 Å². The van der Waals surface area contributed by atoms with E-state index >= 15 is 0 Å². The van der Waals surface area contributed by atoms with Gasteiger partial charge >= 0.3 is 0 Å². The number of hydrogen-bond acceptors (Lipinski definition) is 0. The van der Waals surface area contributed by atoms with E-state index in [1.807, 2.05) is 5.57 Å². The number of fused-ring (bicyclic) bond motifs is 5. The monoisotopic (exact) mass is 334 g/mol. The zero-order valence-electron chi connectivity index (χ0n) is 16.1. The van der Waals surface area contributed by atoms with E-state index < -0.39 is 0 Å². The van der Waals surface area contributed by atoms with Gasteiger partial charge in [-0.2, -0.15) is 0 Å². The van der Waals surface area contributed by atoms with E-state index in [2.05, 4.69) is 50.3 Å². The van der Waals surface area contributed by atoms with Crippen LogP contribution in [0.3, 0.4) is 0 Å². The molecule has 4 aliphatic carbocycles. The van der Waals surface area contributed by atoms with Gasteiger partial charge in [0.15, 0.2) is 0 Å². The standard InChI is InChI=1S/C25H34/c1-24-16-7-6-10-19(24)11-12-20-22-14-13-21(18-8-4-3-5-9-18)25(22,2)17-15-23(20)24/h3-5,8-10,20-23H,6-7,11-17H2,1-2H3/t20-,21?,22-,23+,24-,25+/m0/s1. The summed E-state index contributed by atoms with van der Waals surface area (Å²) in [6.45, 7) is 5.30. The third kappa shape index (κ3) is 2.25. The zero-order valence-corrected chi connectivity index (χ0v) is 16.1. The summed E-state index contributed by atoms with van der Waals surface area (Å²) in [5, 5.41) is 0. The van der Waals surface area contributed by atoms with E-state index in [-0.39, 0.29) is 0 Å². The summed E-state index contributed by atoms with van der Waals surface area (Å²) < 4.78 is 0. The first-order valence-electron chi connectivity index (χ1n) is 10.9. The molecule has 0 bridgehead atoms. The molecular weight excluding hydrogens is 300 g/mol. The van der Waals surface area contributed by atoms with Crippen LogP contribution >= 0.6 is 0 Å². The zero-order chi connectivity index (χ0) is 17.1. The molecule has 0 spiro atoms. The van der Waals surface area contributed by atoms with Crippen LogP contribution in [0.25, 0.3) is 0 Å². The molecule has 0 heterocycles. The van der Waals surface area contributed by atoms with Crippen molar-refractivity contribution in [1.29, 1.82) is 0 Å². The second-order valence-electron chi connectivity index (χ2n) is 10.0. The molecule has 0 aliphatic heterocycles. The van der Waals surface area contributed by atoms with Gasteiger partial charge in [0, 0.05) is 0 Å². The Morgan fingerprint density at radius 3 is 2.56 bits per heavy atom. The van der Waals surface area contributed by atoms with Gasteiger partial charge in [0.2, 0.25) is 0 Å². The summed E-state index contributed by atoms with van der Waals surface area (Å²) in [5.41, 5.74) is 4.56. The maximum atomic E-state index is 2.66. The smallest absolute Gasteiger partial charge is 0.00853 e. The van der Waals surface area contributed by atoms with E-state index in [0.717, 1.165) is 23.7 Å². The van der Waals surface area contributed by atoms with Crippen LogP contribution in [0.1, 0.15) is 83.1 Å². The van der Waals surface area contributed by atoms with Crippen LogP contribution in [-0.2, 0) is 0 Å². The Morgan fingerprint density at radius 1 is 0.880 bits per heavy atom. The molecule has 0 amide bonds. The molecular formula is C25H34. The minimum atomic E-state index is 0.549. The summed E-state index contributed by atoms with van der Waals surface area (Å²) in [5.74, 6) is 3.74. The summed E-state index contributed by atoms with van der Waals surface area (Å²) in [4.78, 5) is 0. The minimum absolute atomic E-state index is 0.549. The van der Waals surface area contributed by atoms with Crippen molar-refractivity contribution in [3.8, 4) is 0 Å². The predicted molar refractivity (Wildman–Crippen MR) is 106 cm³/mol. The van der Waals surface area contributed by atoms with Crippen LogP contribution in [0, 0.1) is 28.6 Å². The average Bonchev–Trinajstić information content (AvgIpc) is 2.99. The summed E-state index contributed by atoms with van der Waals surface area (Å²) in [6, 6.07) is 11.5. The summed E-state index contributed by atoms with van der Waals surface area (Å²) in [6.07, 6.45) is 15.6. The highest BCUT2D eigenvalue weighted by atomic mass is 14.6. The lowest BCUT2D eigenvalue weighted by Crippen LogP contribution is -2.49. The van der Waals surface area contributed by atoms with Gasteiger partial charge in [-0.15, -0.1) is 0 Å². The Kier molecular flexibility index (Phi) is 3.70. The van der Waals surface area contributed by atoms with Gasteiger partial charge in [-0.05, 0) is 97.9 Å². The normalized spacial score (nSPS) is 45.9. The van der Waals surface area contributed by atoms with Gasteiger partial charge in [0.1, 0.15) is 0 Å². The van der Waals surface area contributed by atoms with Crippen molar-refractivity contribution in [2.75, 3.05) is 0 Å². The van der Waals surface area contributed by atoms with Gasteiger partial charge in [-0.1, -0.05) is 55.8 Å². The van der Waals surface area contributed by atoms with E-state index in [0.29, 0.717) is 10.8 Å². The highest BCUT2D eigenvalue weighted by Gasteiger charge is 2.58. The van der Waals surface area contributed by atoms with Crippen LogP contribution in [0.5, 0.6) is 0 Å². The Hall–Kier alpha value is -1.04. The molecule has 1 unspecified atom stereocenters. The summed E-state index contributed by atoms with van der Waals surface area (Å²) in [7, 11) is 0. The molecule has 1 aromatic rings. The molecule has 25 heavy (non-hydrogen) atoms. The van der Waals surface area contributed by atoms with Crippen molar-refractivity contribution >= 4 is 0 Å². The fraction of sp³-hybridized carbons (Fsp3) is 0.680. The Balaban J connectivity index is 1.47. The van der Waals surface area contributed by atoms with Crippen molar-refractivity contribution in [2.24, 2.45) is 28.6 Å². The molecule has 3 saturated carbocycles. The van der Waals surface area contributed by atoms with E-state index in [9.17, 15) is 0 Å². The molecule has 4 aliphatic rings. The van der Waals surface area contributed by atoms with Crippen molar-refractivity contribution in [1.82, 2.24) is 0 Å². The number of benzene rings is 1. The Labute approximate surface area is 154 Å². The van der Waals surface area contributed by atoms with Crippen molar-refractivity contribution < 1.29 is 0 Å². The lowest BCUT2D eigenvalue weighted by atomic mass is 9.46. The first-order valence-corrected chi connectivity index (χ1v) is 10.9. The van der Waals surface area contributed by atoms with E-state index in [4.69, 9.17) is 0 Å². The van der Waals surface area contributed by atoms with E-state index in [1.165, 1.54) is 57.8 Å². The van der Waals surface area contributed by atoms with Gasteiger partial charge in [0.05, 0.1) is 0 Å². The molecule has 6 atom stereocenters. The predicted octanol–water partition coefficient (Wildman–Crippen LogP) is 7.12. The lowest BCUT2D eigenvalue weighted by Gasteiger charge is -2.58. The molecule has 0 aromatic heterocycles. The first kappa shape index (κ1) is 16.2. The molecule has 0 nitrogen and oxygen atoms in total. The highest BCUT2D eigenvalue weighted by molar-refractivity contribution is 5.28. The molecule has 0 radical (unpaired) electrons. The minimum Gasteiger partial charge on any atom is -0.0848 e. The Bertz CT molecular complexity index is 671. The first-order chi connectivity index (χ1) is 12.1. The van der Waals surface area contributed by atoms with Gasteiger partial charge in [-0.25, -0.2) is 0 Å². The van der Waals surface area contributed by atoms with Gasteiger partial charge in [-0.3, -0.25) is 0 Å². The molecule has 0 heteroatoms. The van der Waals surface area contributed by atoms with Crippen LogP contribution in [0.2, 0.25) is 0 Å². The van der Waals surface area contributed by atoms with Crippen molar-refractivity contribution in [3.63, 3.8) is 0 Å². The Morgan fingerprint density at radius 2 is 1.72 bits per heavy atom. The fourth-order valence-electron chi connectivity index (χ4n) is 7.99. The highest BCUT2D eigenvalue weighted by Crippen LogP contribution is 2.68. The molecule has 0 saturated heterocycles. The second kappa shape index (κ2) is 5.73. The molecule has 5 rings (SSSR count).